The van der Waals surface area contributed by atoms with Gasteiger partial charge in [-0.05, 0) is 36.7 Å². The number of carbonyl (C=O) groups excluding carboxylic acids is 1. The summed E-state index contributed by atoms with van der Waals surface area (Å²) in [4.78, 5) is 25.4. The van der Waals surface area contributed by atoms with Crippen LogP contribution in [-0.4, -0.2) is 60.6 Å². The predicted molar refractivity (Wildman–Crippen MR) is 105 cm³/mol. The Morgan fingerprint density at radius 1 is 1.11 bits per heavy atom. The van der Waals surface area contributed by atoms with Crippen molar-refractivity contribution in [3.05, 3.63) is 48.3 Å². The minimum atomic E-state index is 0.0818. The maximum atomic E-state index is 12.2. The van der Waals surface area contributed by atoms with E-state index in [1.54, 1.807) is 19.5 Å². The lowest BCUT2D eigenvalue weighted by molar-refractivity contribution is -0.121. The molecule has 1 amide bonds. The number of hydrogen-bond acceptors (Lipinski definition) is 6. The average molecular weight is 369 g/mol. The van der Waals surface area contributed by atoms with E-state index in [9.17, 15) is 4.79 Å². The summed E-state index contributed by atoms with van der Waals surface area (Å²) in [7, 11) is 1.64. The molecule has 2 heterocycles. The number of rotatable bonds is 7. The van der Waals surface area contributed by atoms with Gasteiger partial charge in [-0.15, -0.1) is 0 Å². The zero-order valence-electron chi connectivity index (χ0n) is 15.8. The van der Waals surface area contributed by atoms with E-state index < -0.39 is 0 Å². The van der Waals surface area contributed by atoms with E-state index >= 15 is 0 Å². The van der Waals surface area contributed by atoms with Crippen LogP contribution >= 0.6 is 0 Å². The van der Waals surface area contributed by atoms with Gasteiger partial charge in [0.05, 0.1) is 7.11 Å². The number of benzene rings is 1. The highest BCUT2D eigenvalue weighted by Gasteiger charge is 2.17. The third-order valence-electron chi connectivity index (χ3n) is 4.73. The third-order valence-corrected chi connectivity index (χ3v) is 4.73. The second-order valence-corrected chi connectivity index (χ2v) is 6.61. The molecule has 1 aliphatic heterocycles. The molecular weight excluding hydrogens is 342 g/mol. The molecule has 144 valence electrons. The lowest BCUT2D eigenvalue weighted by atomic mass is 10.2. The summed E-state index contributed by atoms with van der Waals surface area (Å²) in [5, 5.41) is 2.99. The first-order chi connectivity index (χ1) is 13.2. The number of amides is 1. The van der Waals surface area contributed by atoms with Gasteiger partial charge < -0.3 is 19.9 Å². The molecule has 1 aliphatic rings. The van der Waals surface area contributed by atoms with E-state index in [2.05, 4.69) is 25.1 Å². The molecule has 0 spiro atoms. The van der Waals surface area contributed by atoms with Gasteiger partial charge in [-0.1, -0.05) is 12.1 Å². The van der Waals surface area contributed by atoms with Crippen molar-refractivity contribution >= 4 is 11.9 Å². The number of nitrogens with zero attached hydrogens (tertiary/aromatic N) is 4. The Labute approximate surface area is 160 Å². The highest BCUT2D eigenvalue weighted by atomic mass is 16.5. The average Bonchev–Trinajstić information content (AvgIpc) is 2.97. The molecule has 1 N–H and O–H groups in total. The number of anilines is 1. The van der Waals surface area contributed by atoms with Gasteiger partial charge >= 0.3 is 0 Å². The van der Waals surface area contributed by atoms with E-state index in [1.807, 2.05) is 30.3 Å². The van der Waals surface area contributed by atoms with E-state index in [-0.39, 0.29) is 5.91 Å². The van der Waals surface area contributed by atoms with Crippen molar-refractivity contribution in [3.8, 4) is 5.75 Å². The van der Waals surface area contributed by atoms with Gasteiger partial charge in [0.25, 0.3) is 0 Å². The van der Waals surface area contributed by atoms with Crippen molar-refractivity contribution in [1.82, 2.24) is 20.2 Å². The summed E-state index contributed by atoms with van der Waals surface area (Å²) in [5.41, 5.74) is 1.07. The molecule has 7 nitrogen and oxygen atoms in total. The number of methoxy groups -OCH3 is 1. The summed E-state index contributed by atoms with van der Waals surface area (Å²) >= 11 is 0. The second kappa shape index (κ2) is 9.87. The van der Waals surface area contributed by atoms with Crippen LogP contribution in [0.15, 0.2) is 42.7 Å². The van der Waals surface area contributed by atoms with Crippen LogP contribution < -0.4 is 15.0 Å². The quantitative estimate of drug-likeness (QED) is 0.801. The van der Waals surface area contributed by atoms with Gasteiger partial charge in [0.15, 0.2) is 0 Å². The molecule has 3 rings (SSSR count). The molecule has 0 bridgehead atoms. The Balaban J connectivity index is 1.38. The Hall–Kier alpha value is -2.67. The molecule has 0 saturated carbocycles. The van der Waals surface area contributed by atoms with Crippen LogP contribution in [0.3, 0.4) is 0 Å². The summed E-state index contributed by atoms with van der Waals surface area (Å²) in [6, 6.07) is 9.57. The van der Waals surface area contributed by atoms with Crippen molar-refractivity contribution < 1.29 is 9.53 Å². The lowest BCUT2D eigenvalue weighted by Gasteiger charge is -2.21. The van der Waals surface area contributed by atoms with Gasteiger partial charge in [0.2, 0.25) is 11.9 Å². The van der Waals surface area contributed by atoms with Gasteiger partial charge in [-0.2, -0.15) is 0 Å². The number of nitrogens with one attached hydrogen (secondary N) is 1. The number of hydrogen-bond donors (Lipinski definition) is 1. The molecule has 0 unspecified atom stereocenters. The van der Waals surface area contributed by atoms with Crippen molar-refractivity contribution in [2.45, 2.75) is 19.4 Å². The van der Waals surface area contributed by atoms with Crippen LogP contribution in [-0.2, 0) is 11.3 Å². The maximum absolute atomic E-state index is 12.2. The predicted octanol–water partition coefficient (Wildman–Crippen LogP) is 1.70. The van der Waals surface area contributed by atoms with Gasteiger partial charge in [0, 0.05) is 51.5 Å². The molecule has 0 atom stereocenters. The number of carbonyl (C=O) groups is 1. The monoisotopic (exact) mass is 369 g/mol. The Morgan fingerprint density at radius 3 is 2.63 bits per heavy atom. The second-order valence-electron chi connectivity index (χ2n) is 6.61. The highest BCUT2D eigenvalue weighted by molar-refractivity contribution is 5.76. The number of ether oxygens (including phenoxy) is 1. The summed E-state index contributed by atoms with van der Waals surface area (Å²) in [6.45, 7) is 5.07. The molecule has 1 aromatic carbocycles. The normalized spacial score (nSPS) is 15.2. The topological polar surface area (TPSA) is 70.6 Å². The standard InChI is InChI=1S/C20H27N5O2/c1-27-18-6-4-17(5-7-18)16-23-19(26)8-13-24-11-3-12-25(15-14-24)20-21-9-2-10-22-20/h2,4-7,9-10H,3,8,11-16H2,1H3,(H,23,26). The van der Waals surface area contributed by atoms with Crippen LogP contribution in [0.25, 0.3) is 0 Å². The van der Waals surface area contributed by atoms with Crippen molar-refractivity contribution in [3.63, 3.8) is 0 Å². The van der Waals surface area contributed by atoms with Gasteiger partial charge in [-0.25, -0.2) is 9.97 Å². The number of aromatic nitrogens is 2. The molecule has 0 radical (unpaired) electrons. The van der Waals surface area contributed by atoms with E-state index in [0.717, 1.165) is 56.4 Å². The first-order valence-electron chi connectivity index (χ1n) is 9.38. The van der Waals surface area contributed by atoms with Crippen molar-refractivity contribution in [1.29, 1.82) is 0 Å². The zero-order valence-corrected chi connectivity index (χ0v) is 15.8. The maximum Gasteiger partial charge on any atom is 0.225 e. The Kier molecular flexibility index (Phi) is 6.98. The van der Waals surface area contributed by atoms with Crippen LogP contribution in [0.2, 0.25) is 0 Å². The fourth-order valence-electron chi connectivity index (χ4n) is 3.14. The van der Waals surface area contributed by atoms with Gasteiger partial charge in [0.1, 0.15) is 5.75 Å². The van der Waals surface area contributed by atoms with Crippen LogP contribution in [0.1, 0.15) is 18.4 Å². The molecule has 7 heteroatoms. The highest BCUT2D eigenvalue weighted by Crippen LogP contribution is 2.12. The summed E-state index contributed by atoms with van der Waals surface area (Å²) in [6.07, 6.45) is 5.11. The first-order valence-corrected chi connectivity index (χ1v) is 9.38. The largest absolute Gasteiger partial charge is 0.497 e. The summed E-state index contributed by atoms with van der Waals surface area (Å²) < 4.78 is 5.14. The minimum Gasteiger partial charge on any atom is -0.497 e. The molecule has 1 aromatic heterocycles. The van der Waals surface area contributed by atoms with Crippen LogP contribution in [0, 0.1) is 0 Å². The molecule has 1 fully saturated rings. The van der Waals surface area contributed by atoms with Gasteiger partial charge in [-0.3, -0.25) is 4.79 Å². The zero-order chi connectivity index (χ0) is 18.9. The Morgan fingerprint density at radius 2 is 1.89 bits per heavy atom. The molecule has 2 aromatic rings. The van der Waals surface area contributed by atoms with E-state index in [4.69, 9.17) is 4.74 Å². The molecule has 0 aliphatic carbocycles. The first kappa shape index (κ1) is 19.1. The van der Waals surface area contributed by atoms with Crippen molar-refractivity contribution in [2.24, 2.45) is 0 Å². The molecule has 1 saturated heterocycles. The SMILES string of the molecule is COc1ccc(CNC(=O)CCN2CCCN(c3ncccn3)CC2)cc1. The minimum absolute atomic E-state index is 0.0818. The fraction of sp³-hybridized carbons (Fsp3) is 0.450. The fourth-order valence-corrected chi connectivity index (χ4v) is 3.14. The lowest BCUT2D eigenvalue weighted by Crippen LogP contribution is -2.34. The molecular formula is C20H27N5O2. The van der Waals surface area contributed by atoms with E-state index in [1.165, 1.54) is 0 Å². The van der Waals surface area contributed by atoms with Crippen LogP contribution in [0.5, 0.6) is 5.75 Å². The Bertz CT molecular complexity index is 708. The smallest absolute Gasteiger partial charge is 0.225 e. The van der Waals surface area contributed by atoms with E-state index in [0.29, 0.717) is 13.0 Å². The van der Waals surface area contributed by atoms with Crippen molar-refractivity contribution in [2.75, 3.05) is 44.7 Å². The molecule has 27 heavy (non-hydrogen) atoms. The summed E-state index contributed by atoms with van der Waals surface area (Å²) in [5.74, 6) is 1.69. The van der Waals surface area contributed by atoms with Crippen LogP contribution in [0.4, 0.5) is 5.95 Å². The third kappa shape index (κ3) is 5.92.